The first kappa shape index (κ1) is 22.4. The number of carbonyl (C=O) groups is 4. The minimum Gasteiger partial charge on any atom is -0.452 e. The number of hydrogen-bond acceptors (Lipinski definition) is 6. The number of hydrogen-bond donors (Lipinski definition) is 0. The second-order valence-electron chi connectivity index (χ2n) is 6.78. The van der Waals surface area contributed by atoms with Gasteiger partial charge >= 0.3 is 5.97 Å². The van der Waals surface area contributed by atoms with E-state index in [4.69, 9.17) is 10.00 Å². The Morgan fingerprint density at radius 2 is 1.81 bits per heavy atom. The summed E-state index contributed by atoms with van der Waals surface area (Å²) in [6.45, 7) is 2.96. The zero-order chi connectivity index (χ0) is 23.3. The lowest BCUT2D eigenvalue weighted by Crippen LogP contribution is -2.35. The molecule has 1 aliphatic rings. The topological polar surface area (TPSA) is 108 Å². The highest BCUT2D eigenvalue weighted by Crippen LogP contribution is 2.24. The second-order valence-corrected chi connectivity index (χ2v) is 6.78. The fourth-order valence-corrected chi connectivity index (χ4v) is 3.18. The lowest BCUT2D eigenvalue weighted by molar-refractivity contribution is -0.121. The number of benzene rings is 2. The average Bonchev–Trinajstić information content (AvgIpc) is 3.03. The Morgan fingerprint density at radius 1 is 1.12 bits per heavy atom. The van der Waals surface area contributed by atoms with E-state index in [1.807, 2.05) is 6.07 Å². The van der Waals surface area contributed by atoms with Gasteiger partial charge < -0.3 is 9.64 Å². The monoisotopic (exact) mass is 435 g/mol. The molecule has 0 radical (unpaired) electrons. The largest absolute Gasteiger partial charge is 0.452 e. The van der Waals surface area contributed by atoms with Gasteiger partial charge in [0.15, 0.2) is 6.61 Å². The van der Waals surface area contributed by atoms with Gasteiger partial charge in [0.05, 0.1) is 29.2 Å². The van der Waals surface area contributed by atoms with E-state index in [-0.39, 0.29) is 36.2 Å². The highest BCUT2D eigenvalue weighted by molar-refractivity contribution is 6.22. The van der Waals surface area contributed by atoms with Gasteiger partial charge in [-0.2, -0.15) is 5.26 Å². The molecule has 0 spiro atoms. The predicted octanol–water partition coefficient (Wildman–Crippen LogP) is 2.71. The third-order valence-corrected chi connectivity index (χ3v) is 4.73. The first-order chi connectivity index (χ1) is 15.4. The van der Waals surface area contributed by atoms with Crippen LogP contribution in [0.25, 0.3) is 0 Å². The zero-order valence-electron chi connectivity index (χ0n) is 16.9. The number of imide groups is 1. The van der Waals surface area contributed by atoms with Crippen LogP contribution in [0.5, 0.6) is 0 Å². The molecule has 0 saturated heterocycles. The van der Waals surface area contributed by atoms with Crippen molar-refractivity contribution in [1.29, 1.82) is 5.26 Å². The van der Waals surface area contributed by atoms with Crippen LogP contribution in [0.1, 0.15) is 37.5 Å². The Balaban J connectivity index is 1.71. The second kappa shape index (κ2) is 9.66. The molecule has 162 valence electrons. The summed E-state index contributed by atoms with van der Waals surface area (Å²) in [4.78, 5) is 51.9. The maximum absolute atomic E-state index is 13.2. The predicted molar refractivity (Wildman–Crippen MR) is 111 cm³/mol. The molecule has 2 aromatic rings. The molecule has 0 aliphatic carbocycles. The summed E-state index contributed by atoms with van der Waals surface area (Å²) in [5, 5.41) is 8.83. The number of carbonyl (C=O) groups excluding carboxylic acids is 4. The van der Waals surface area contributed by atoms with Gasteiger partial charge in [-0.25, -0.2) is 9.18 Å². The molecule has 0 N–H and O–H groups in total. The normalized spacial score (nSPS) is 12.2. The van der Waals surface area contributed by atoms with E-state index >= 15 is 0 Å². The number of rotatable bonds is 8. The molecular formula is C23H18FN3O5. The third kappa shape index (κ3) is 4.54. The van der Waals surface area contributed by atoms with Crippen molar-refractivity contribution in [3.63, 3.8) is 0 Å². The highest BCUT2D eigenvalue weighted by Gasteiger charge is 2.35. The minimum absolute atomic E-state index is 0.00325. The van der Waals surface area contributed by atoms with Gasteiger partial charge in [-0.1, -0.05) is 6.08 Å². The van der Waals surface area contributed by atoms with Crippen molar-refractivity contribution in [2.45, 2.75) is 6.42 Å². The Morgan fingerprint density at radius 3 is 2.47 bits per heavy atom. The van der Waals surface area contributed by atoms with Gasteiger partial charge in [-0.05, 0) is 42.5 Å². The molecule has 9 heteroatoms. The maximum atomic E-state index is 13.2. The summed E-state index contributed by atoms with van der Waals surface area (Å²) < 4.78 is 18.3. The molecule has 0 fully saturated rings. The number of esters is 1. The quantitative estimate of drug-likeness (QED) is 0.358. The first-order valence-electron chi connectivity index (χ1n) is 9.58. The van der Waals surface area contributed by atoms with Crippen molar-refractivity contribution >= 4 is 29.4 Å². The van der Waals surface area contributed by atoms with Crippen LogP contribution in [0, 0.1) is 17.1 Å². The van der Waals surface area contributed by atoms with E-state index in [1.54, 1.807) is 0 Å². The average molecular weight is 435 g/mol. The van der Waals surface area contributed by atoms with Gasteiger partial charge in [0.25, 0.3) is 17.7 Å². The Kier molecular flexibility index (Phi) is 6.75. The summed E-state index contributed by atoms with van der Waals surface area (Å²) in [7, 11) is 0. The lowest BCUT2D eigenvalue weighted by atomic mass is 10.1. The molecule has 2 aromatic carbocycles. The summed E-state index contributed by atoms with van der Waals surface area (Å²) in [6, 6.07) is 11.0. The summed E-state index contributed by atoms with van der Waals surface area (Å²) >= 11 is 0. The van der Waals surface area contributed by atoms with Crippen molar-refractivity contribution in [2.75, 3.05) is 24.6 Å². The molecule has 8 nitrogen and oxygen atoms in total. The van der Waals surface area contributed by atoms with Crippen LogP contribution in [0.4, 0.5) is 10.1 Å². The molecule has 0 bridgehead atoms. The molecule has 0 aromatic heterocycles. The number of ether oxygens (including phenoxy) is 1. The summed E-state index contributed by atoms with van der Waals surface area (Å²) in [6.07, 6.45) is 1.45. The van der Waals surface area contributed by atoms with Crippen LogP contribution in [0.15, 0.2) is 55.1 Å². The Labute approximate surface area is 183 Å². The number of halogens is 1. The van der Waals surface area contributed by atoms with Crippen molar-refractivity contribution in [1.82, 2.24) is 4.90 Å². The van der Waals surface area contributed by atoms with E-state index < -0.39 is 36.1 Å². The SMILES string of the molecule is C=CCN1C(=O)c2ccc(C(=O)OCC(=O)N(CCC#N)c3ccc(F)cc3)cc2C1=O. The maximum Gasteiger partial charge on any atom is 0.338 e. The summed E-state index contributed by atoms with van der Waals surface area (Å²) in [5.74, 6) is -2.97. The number of amides is 3. The van der Waals surface area contributed by atoms with Crippen LogP contribution in [-0.4, -0.2) is 48.3 Å². The van der Waals surface area contributed by atoms with Gasteiger partial charge in [-0.15, -0.1) is 6.58 Å². The fourth-order valence-electron chi connectivity index (χ4n) is 3.18. The van der Waals surface area contributed by atoms with Crippen molar-refractivity contribution in [2.24, 2.45) is 0 Å². The summed E-state index contributed by atoms with van der Waals surface area (Å²) in [5.41, 5.74) is 0.596. The van der Waals surface area contributed by atoms with Gasteiger partial charge in [0.1, 0.15) is 5.82 Å². The van der Waals surface area contributed by atoms with E-state index in [1.165, 1.54) is 53.4 Å². The fraction of sp³-hybridized carbons (Fsp3) is 0.174. The van der Waals surface area contributed by atoms with E-state index in [9.17, 15) is 23.6 Å². The van der Waals surface area contributed by atoms with Crippen LogP contribution >= 0.6 is 0 Å². The van der Waals surface area contributed by atoms with Crippen LogP contribution in [0.3, 0.4) is 0 Å². The van der Waals surface area contributed by atoms with E-state index in [2.05, 4.69) is 6.58 Å². The molecular weight excluding hydrogens is 417 g/mol. The lowest BCUT2D eigenvalue weighted by Gasteiger charge is -2.21. The highest BCUT2D eigenvalue weighted by atomic mass is 19.1. The molecule has 0 unspecified atom stereocenters. The molecule has 1 heterocycles. The number of anilines is 1. The molecule has 3 rings (SSSR count). The van der Waals surface area contributed by atoms with Crippen molar-refractivity contribution in [3.05, 3.63) is 77.6 Å². The smallest absolute Gasteiger partial charge is 0.338 e. The molecule has 0 atom stereocenters. The number of nitriles is 1. The molecule has 3 amide bonds. The van der Waals surface area contributed by atoms with Crippen molar-refractivity contribution in [3.8, 4) is 6.07 Å². The standard InChI is InChI=1S/C23H18FN3O5/c1-2-11-27-21(29)18-9-4-15(13-19(18)22(27)30)23(31)32-14-20(28)26(12-3-10-25)17-7-5-16(24)6-8-17/h2,4-9,13H,1,3,11-12,14H2. The number of nitrogens with zero attached hydrogens (tertiary/aromatic N) is 3. The Bertz CT molecular complexity index is 1140. The zero-order valence-corrected chi connectivity index (χ0v) is 16.9. The van der Waals surface area contributed by atoms with Crippen LogP contribution in [-0.2, 0) is 9.53 Å². The minimum atomic E-state index is -0.858. The molecule has 1 aliphatic heterocycles. The van der Waals surface area contributed by atoms with Gasteiger partial charge in [0.2, 0.25) is 0 Å². The molecule has 32 heavy (non-hydrogen) atoms. The van der Waals surface area contributed by atoms with Crippen LogP contribution < -0.4 is 4.90 Å². The van der Waals surface area contributed by atoms with E-state index in [0.717, 1.165) is 4.90 Å². The van der Waals surface area contributed by atoms with Gasteiger partial charge in [0, 0.05) is 18.8 Å². The van der Waals surface area contributed by atoms with Crippen LogP contribution in [0.2, 0.25) is 0 Å². The number of fused-ring (bicyclic) bond motifs is 1. The van der Waals surface area contributed by atoms with E-state index in [0.29, 0.717) is 5.69 Å². The first-order valence-corrected chi connectivity index (χ1v) is 9.58. The Hall–Kier alpha value is -4.32. The van der Waals surface area contributed by atoms with Crippen molar-refractivity contribution < 1.29 is 28.3 Å². The van der Waals surface area contributed by atoms with Gasteiger partial charge in [-0.3, -0.25) is 19.3 Å². The molecule has 0 saturated carbocycles. The third-order valence-electron chi connectivity index (χ3n) is 4.73.